The standard InChI is InChI=1S/C26H26F3N3O4/c1-15(3-2-4-25(29)30)17-5-6-23(21(28)7-17)35-13-16-11-32(12-16)26(34)19-8-22-24(9-20(19)27)36-14-18(33)10-31-22/h2-9,15-16,31H,10-14,30H2,1H3/b3-2-,25-4-. The number of rotatable bonds is 7. The number of Topliss-reactive ketones (excluding diaryl/α,β-unsaturated/α-hetero) is 1. The Balaban J connectivity index is 1.30. The number of allylic oxidation sites excluding steroid dienone is 3. The number of halogens is 3. The van der Waals surface area contributed by atoms with Crippen molar-refractivity contribution in [2.75, 3.05) is 38.2 Å². The molecule has 0 aromatic heterocycles. The zero-order valence-electron chi connectivity index (χ0n) is 19.6. The first-order chi connectivity index (χ1) is 17.2. The van der Waals surface area contributed by atoms with Crippen molar-refractivity contribution >= 4 is 17.4 Å². The van der Waals surface area contributed by atoms with E-state index in [0.29, 0.717) is 24.3 Å². The number of likely N-dealkylation sites (tertiary alicyclic amines) is 1. The Morgan fingerprint density at radius 2 is 2.06 bits per heavy atom. The third-order valence-electron chi connectivity index (χ3n) is 6.02. The van der Waals surface area contributed by atoms with Crippen LogP contribution in [-0.4, -0.2) is 49.4 Å². The van der Waals surface area contributed by atoms with E-state index in [4.69, 9.17) is 15.2 Å². The van der Waals surface area contributed by atoms with E-state index >= 15 is 0 Å². The molecule has 2 aromatic carbocycles. The van der Waals surface area contributed by atoms with Crippen LogP contribution in [0.1, 0.15) is 28.8 Å². The number of fused-ring (bicyclic) bond motifs is 1. The number of hydrogen-bond acceptors (Lipinski definition) is 6. The monoisotopic (exact) mass is 501 g/mol. The Labute approximate surface area is 206 Å². The van der Waals surface area contributed by atoms with Crippen LogP contribution in [0.25, 0.3) is 0 Å². The van der Waals surface area contributed by atoms with E-state index in [1.54, 1.807) is 12.1 Å². The van der Waals surface area contributed by atoms with Gasteiger partial charge in [0.2, 0.25) is 0 Å². The minimum absolute atomic E-state index is 0.0317. The van der Waals surface area contributed by atoms with Gasteiger partial charge >= 0.3 is 0 Å². The van der Waals surface area contributed by atoms with Gasteiger partial charge in [-0.15, -0.1) is 0 Å². The van der Waals surface area contributed by atoms with Crippen molar-refractivity contribution in [3.8, 4) is 11.5 Å². The summed E-state index contributed by atoms with van der Waals surface area (Å²) in [6, 6.07) is 7.06. The summed E-state index contributed by atoms with van der Waals surface area (Å²) in [5.74, 6) is -2.65. The molecule has 10 heteroatoms. The third kappa shape index (κ3) is 5.81. The second-order valence-corrected chi connectivity index (χ2v) is 8.81. The molecule has 1 unspecified atom stereocenters. The highest BCUT2D eigenvalue weighted by molar-refractivity contribution is 5.97. The molecule has 1 atom stereocenters. The summed E-state index contributed by atoms with van der Waals surface area (Å²) in [6.07, 6.45) is 4.28. The van der Waals surface area contributed by atoms with Gasteiger partial charge in [0.1, 0.15) is 18.2 Å². The van der Waals surface area contributed by atoms with Gasteiger partial charge < -0.3 is 25.4 Å². The Morgan fingerprint density at radius 1 is 1.28 bits per heavy atom. The highest BCUT2D eigenvalue weighted by Crippen LogP contribution is 2.31. The summed E-state index contributed by atoms with van der Waals surface area (Å²) in [7, 11) is 0. The molecule has 4 rings (SSSR count). The first-order valence-electron chi connectivity index (χ1n) is 11.4. The van der Waals surface area contributed by atoms with E-state index in [1.807, 2.05) is 6.92 Å². The maximum Gasteiger partial charge on any atom is 0.256 e. The molecule has 36 heavy (non-hydrogen) atoms. The van der Waals surface area contributed by atoms with E-state index in [0.717, 1.165) is 12.1 Å². The number of carbonyl (C=O) groups is 2. The van der Waals surface area contributed by atoms with Gasteiger partial charge in [0, 0.05) is 25.1 Å². The number of nitrogens with zero attached hydrogens (tertiary/aromatic N) is 1. The zero-order chi connectivity index (χ0) is 25.8. The molecule has 2 aliphatic rings. The maximum atomic E-state index is 14.5. The van der Waals surface area contributed by atoms with E-state index in [1.165, 1.54) is 29.2 Å². The number of nitrogens with two attached hydrogens (primary N) is 1. The van der Waals surface area contributed by atoms with Crippen molar-refractivity contribution in [1.29, 1.82) is 0 Å². The minimum atomic E-state index is -0.808. The number of amides is 1. The lowest BCUT2D eigenvalue weighted by atomic mass is 9.99. The topological polar surface area (TPSA) is 93.9 Å². The summed E-state index contributed by atoms with van der Waals surface area (Å²) in [5, 5.41) is 2.86. The Kier molecular flexibility index (Phi) is 7.52. The molecule has 1 fully saturated rings. The van der Waals surface area contributed by atoms with Gasteiger partial charge in [0.15, 0.2) is 23.3 Å². The van der Waals surface area contributed by atoms with Crippen molar-refractivity contribution in [3.05, 3.63) is 77.3 Å². The molecular weight excluding hydrogens is 475 g/mol. The molecule has 2 aliphatic heterocycles. The third-order valence-corrected chi connectivity index (χ3v) is 6.02. The van der Waals surface area contributed by atoms with Crippen LogP contribution in [-0.2, 0) is 4.79 Å². The molecule has 0 bridgehead atoms. The number of benzene rings is 2. The number of anilines is 1. The fourth-order valence-electron chi connectivity index (χ4n) is 3.94. The average molecular weight is 502 g/mol. The second-order valence-electron chi connectivity index (χ2n) is 8.81. The SMILES string of the molecule is CC(/C=C\C=C(/N)F)c1ccc(OCC2CN(C(=O)c3cc4c(cc3F)OCC(=O)CN4)C2)c(F)c1. The van der Waals surface area contributed by atoms with Gasteiger partial charge in [-0.1, -0.05) is 25.1 Å². The molecule has 2 aromatic rings. The van der Waals surface area contributed by atoms with Crippen LogP contribution in [0.15, 0.2) is 54.5 Å². The molecule has 0 saturated carbocycles. The first-order valence-corrected chi connectivity index (χ1v) is 11.4. The second kappa shape index (κ2) is 10.8. The van der Waals surface area contributed by atoms with Crippen LogP contribution in [0.2, 0.25) is 0 Å². The van der Waals surface area contributed by atoms with Crippen LogP contribution in [0.3, 0.4) is 0 Å². The molecule has 0 spiro atoms. The largest absolute Gasteiger partial charge is 0.490 e. The van der Waals surface area contributed by atoms with Gasteiger partial charge in [-0.2, -0.15) is 4.39 Å². The summed E-state index contributed by atoms with van der Waals surface area (Å²) in [4.78, 5) is 25.8. The van der Waals surface area contributed by atoms with Gasteiger partial charge in [-0.3, -0.25) is 9.59 Å². The highest BCUT2D eigenvalue weighted by atomic mass is 19.1. The van der Waals surface area contributed by atoms with Gasteiger partial charge in [-0.25, -0.2) is 8.78 Å². The molecule has 3 N–H and O–H groups in total. The zero-order valence-corrected chi connectivity index (χ0v) is 19.6. The predicted molar refractivity (Wildman–Crippen MR) is 128 cm³/mol. The van der Waals surface area contributed by atoms with Crippen molar-refractivity contribution in [2.45, 2.75) is 12.8 Å². The van der Waals surface area contributed by atoms with Crippen molar-refractivity contribution in [1.82, 2.24) is 4.90 Å². The predicted octanol–water partition coefficient (Wildman–Crippen LogP) is 3.92. The quantitative estimate of drug-likeness (QED) is 0.441. The molecule has 0 aliphatic carbocycles. The number of carbonyl (C=O) groups excluding carboxylic acids is 2. The van der Waals surface area contributed by atoms with Gasteiger partial charge in [0.25, 0.3) is 5.91 Å². The lowest BCUT2D eigenvalue weighted by molar-refractivity contribution is -0.119. The summed E-state index contributed by atoms with van der Waals surface area (Å²) >= 11 is 0. The summed E-state index contributed by atoms with van der Waals surface area (Å²) in [5.41, 5.74) is 5.90. The number of hydrogen-bond donors (Lipinski definition) is 2. The van der Waals surface area contributed by atoms with E-state index < -0.39 is 23.5 Å². The van der Waals surface area contributed by atoms with Crippen molar-refractivity contribution < 1.29 is 32.2 Å². The van der Waals surface area contributed by atoms with Crippen LogP contribution in [0.4, 0.5) is 18.9 Å². The minimum Gasteiger partial charge on any atom is -0.490 e. The van der Waals surface area contributed by atoms with Crippen molar-refractivity contribution in [3.63, 3.8) is 0 Å². The normalized spacial score (nSPS) is 17.1. The average Bonchev–Trinajstić information content (AvgIpc) is 2.98. The smallest absolute Gasteiger partial charge is 0.256 e. The Morgan fingerprint density at radius 3 is 2.78 bits per heavy atom. The van der Waals surface area contributed by atoms with Crippen LogP contribution in [0, 0.1) is 17.6 Å². The first kappa shape index (κ1) is 25.2. The van der Waals surface area contributed by atoms with Crippen LogP contribution >= 0.6 is 0 Å². The lowest BCUT2D eigenvalue weighted by Gasteiger charge is -2.39. The number of ketones is 1. The molecule has 7 nitrogen and oxygen atoms in total. The molecule has 2 heterocycles. The Bertz CT molecular complexity index is 1220. The molecule has 1 amide bonds. The molecule has 1 saturated heterocycles. The Hall–Kier alpha value is -3.95. The van der Waals surface area contributed by atoms with Gasteiger partial charge in [-0.05, 0) is 35.8 Å². The fraction of sp³-hybridized carbons (Fsp3) is 0.308. The lowest BCUT2D eigenvalue weighted by Crippen LogP contribution is -2.52. The number of nitrogens with one attached hydrogen (secondary N) is 1. The summed E-state index contributed by atoms with van der Waals surface area (Å²) in [6.45, 7) is 2.58. The number of ether oxygens (including phenoxy) is 2. The van der Waals surface area contributed by atoms with Crippen LogP contribution in [0.5, 0.6) is 11.5 Å². The fourth-order valence-corrected chi connectivity index (χ4v) is 3.94. The van der Waals surface area contributed by atoms with E-state index in [-0.39, 0.29) is 54.4 Å². The van der Waals surface area contributed by atoms with Crippen LogP contribution < -0.4 is 20.5 Å². The molecule has 190 valence electrons. The highest BCUT2D eigenvalue weighted by Gasteiger charge is 2.33. The molecular formula is C26H26F3N3O4. The summed E-state index contributed by atoms with van der Waals surface area (Å²) < 4.78 is 52.5. The van der Waals surface area contributed by atoms with Crippen molar-refractivity contribution in [2.24, 2.45) is 11.7 Å². The maximum absolute atomic E-state index is 14.5. The van der Waals surface area contributed by atoms with Gasteiger partial charge in [0.05, 0.1) is 24.4 Å². The van der Waals surface area contributed by atoms with E-state index in [2.05, 4.69) is 5.32 Å². The molecule has 0 radical (unpaired) electrons. The van der Waals surface area contributed by atoms with E-state index in [9.17, 15) is 22.8 Å².